The molecule has 0 saturated carbocycles. The number of nitro groups is 1. The van der Waals surface area contributed by atoms with Crippen molar-refractivity contribution >= 4 is 26.9 Å². The van der Waals surface area contributed by atoms with Crippen LogP contribution in [-0.2, 0) is 9.84 Å². The molecule has 0 aliphatic heterocycles. The number of rotatable bonds is 8. The number of anilines is 2. The lowest BCUT2D eigenvalue weighted by Gasteiger charge is -2.17. The topological polar surface area (TPSA) is 101 Å². The number of nitro benzene ring substituents is 1. The van der Waals surface area contributed by atoms with Crippen molar-refractivity contribution in [1.82, 2.24) is 0 Å². The van der Waals surface area contributed by atoms with Gasteiger partial charge in [0, 0.05) is 24.3 Å². The van der Waals surface area contributed by atoms with Crippen LogP contribution in [0.4, 0.5) is 25.8 Å². The molecule has 2 rings (SSSR count). The van der Waals surface area contributed by atoms with Crippen molar-refractivity contribution in [2.24, 2.45) is 0 Å². The van der Waals surface area contributed by atoms with Crippen LogP contribution < -0.4 is 10.6 Å². The smallest absolute Gasteiger partial charge is 0.341 e. The molecule has 7 nitrogen and oxygen atoms in total. The maximum Gasteiger partial charge on any atom is 0.341 e. The van der Waals surface area contributed by atoms with Crippen molar-refractivity contribution in [1.29, 1.82) is 0 Å². The molecule has 0 spiro atoms. The van der Waals surface area contributed by atoms with E-state index in [0.29, 0.717) is 6.07 Å². The average Bonchev–Trinajstić information content (AvgIpc) is 2.60. The van der Waals surface area contributed by atoms with Gasteiger partial charge in [0.05, 0.1) is 9.82 Å². The normalized spacial score (nSPS) is 12.6. The van der Waals surface area contributed by atoms with Crippen LogP contribution in [0.5, 0.6) is 0 Å². The maximum absolute atomic E-state index is 12.6. The van der Waals surface area contributed by atoms with Gasteiger partial charge in [0.1, 0.15) is 5.69 Å². The molecule has 0 aliphatic rings. The Morgan fingerprint density at radius 2 is 1.81 bits per heavy atom. The van der Waals surface area contributed by atoms with E-state index in [-0.39, 0.29) is 18.3 Å². The van der Waals surface area contributed by atoms with Gasteiger partial charge in [-0.25, -0.2) is 8.42 Å². The summed E-state index contributed by atoms with van der Waals surface area (Å²) < 4.78 is 48.2. The average molecular weight is 385 g/mol. The first-order valence-corrected chi connectivity index (χ1v) is 9.12. The first-order valence-electron chi connectivity index (χ1n) is 7.57. The van der Waals surface area contributed by atoms with Crippen LogP contribution in [0.3, 0.4) is 0 Å². The van der Waals surface area contributed by atoms with E-state index >= 15 is 0 Å². The van der Waals surface area contributed by atoms with E-state index in [0.717, 1.165) is 17.8 Å². The van der Waals surface area contributed by atoms with Crippen molar-refractivity contribution in [3.05, 3.63) is 58.6 Å². The minimum atomic E-state index is -4.90. The Bertz CT molecular complexity index is 876. The number of alkyl halides is 2. The molecule has 0 fully saturated rings. The van der Waals surface area contributed by atoms with Crippen molar-refractivity contribution in [3.8, 4) is 0 Å². The standard InChI is InChI=1S/C16H17F2N3O4S/c1-11(20-12-5-3-2-4-6-12)10-19-14-8-7-13(9-15(14)21(22)23)26(24,25)16(17)18/h2-9,11,16,19-20H,10H2,1H3. The highest BCUT2D eigenvalue weighted by Gasteiger charge is 2.29. The lowest BCUT2D eigenvalue weighted by Crippen LogP contribution is -2.25. The Labute approximate surface area is 149 Å². The van der Waals surface area contributed by atoms with Crippen LogP contribution in [-0.4, -0.2) is 31.7 Å². The van der Waals surface area contributed by atoms with Gasteiger partial charge in [-0.1, -0.05) is 18.2 Å². The molecule has 0 aliphatic carbocycles. The zero-order valence-electron chi connectivity index (χ0n) is 13.7. The minimum absolute atomic E-state index is 0.0462. The predicted octanol–water partition coefficient (Wildman–Crippen LogP) is 3.50. The van der Waals surface area contributed by atoms with Gasteiger partial charge in [0.2, 0.25) is 9.84 Å². The number of para-hydroxylation sites is 1. The van der Waals surface area contributed by atoms with Crippen LogP contribution in [0, 0.1) is 10.1 Å². The number of sulfone groups is 1. The van der Waals surface area contributed by atoms with E-state index in [9.17, 15) is 27.3 Å². The van der Waals surface area contributed by atoms with Crippen LogP contribution in [0.15, 0.2) is 53.4 Å². The van der Waals surface area contributed by atoms with Gasteiger partial charge in [-0.2, -0.15) is 8.78 Å². The molecular formula is C16H17F2N3O4S. The molecule has 2 aromatic carbocycles. The molecule has 1 unspecified atom stereocenters. The van der Waals surface area contributed by atoms with E-state index in [1.807, 2.05) is 37.3 Å². The number of hydrogen-bond acceptors (Lipinski definition) is 6. The van der Waals surface area contributed by atoms with Gasteiger partial charge < -0.3 is 10.6 Å². The minimum Gasteiger partial charge on any atom is -0.381 e. The molecule has 0 bridgehead atoms. The van der Waals surface area contributed by atoms with Crippen molar-refractivity contribution in [2.45, 2.75) is 23.6 Å². The van der Waals surface area contributed by atoms with E-state index in [1.165, 1.54) is 0 Å². The summed E-state index contributed by atoms with van der Waals surface area (Å²) in [5.74, 6) is -3.64. The van der Waals surface area contributed by atoms with Gasteiger partial charge in [-0.3, -0.25) is 10.1 Å². The third-order valence-electron chi connectivity index (χ3n) is 3.51. The molecule has 0 amide bonds. The van der Waals surface area contributed by atoms with Gasteiger partial charge in [0.25, 0.3) is 5.69 Å². The summed E-state index contributed by atoms with van der Waals surface area (Å²) in [5, 5.41) is 17.2. The molecule has 2 N–H and O–H groups in total. The third-order valence-corrected chi connectivity index (χ3v) is 4.89. The van der Waals surface area contributed by atoms with E-state index in [4.69, 9.17) is 0 Å². The Morgan fingerprint density at radius 3 is 2.38 bits per heavy atom. The lowest BCUT2D eigenvalue weighted by molar-refractivity contribution is -0.384. The molecule has 0 heterocycles. The molecule has 2 aromatic rings. The van der Waals surface area contributed by atoms with Gasteiger partial charge in [-0.05, 0) is 31.2 Å². The van der Waals surface area contributed by atoms with Crippen molar-refractivity contribution in [3.63, 3.8) is 0 Å². The highest BCUT2D eigenvalue weighted by atomic mass is 32.2. The first kappa shape index (κ1) is 19.6. The van der Waals surface area contributed by atoms with Crippen LogP contribution in [0.25, 0.3) is 0 Å². The molecule has 10 heteroatoms. The first-order chi connectivity index (χ1) is 12.2. The number of benzene rings is 2. The quantitative estimate of drug-likeness (QED) is 0.533. The second-order valence-corrected chi connectivity index (χ2v) is 7.45. The summed E-state index contributed by atoms with van der Waals surface area (Å²) >= 11 is 0. The van der Waals surface area contributed by atoms with Gasteiger partial charge in [-0.15, -0.1) is 0 Å². The molecule has 1 atom stereocenters. The summed E-state index contributed by atoms with van der Waals surface area (Å²) in [6.45, 7) is 2.14. The van der Waals surface area contributed by atoms with Gasteiger partial charge >= 0.3 is 5.76 Å². The second-order valence-electron chi connectivity index (χ2n) is 5.53. The number of nitrogens with zero attached hydrogens (tertiary/aromatic N) is 1. The molecular weight excluding hydrogens is 368 g/mol. The van der Waals surface area contributed by atoms with Crippen LogP contribution in [0.2, 0.25) is 0 Å². The van der Waals surface area contributed by atoms with Crippen LogP contribution in [0.1, 0.15) is 6.92 Å². The highest BCUT2D eigenvalue weighted by molar-refractivity contribution is 7.91. The van der Waals surface area contributed by atoms with E-state index in [2.05, 4.69) is 10.6 Å². The molecule has 0 aromatic heterocycles. The lowest BCUT2D eigenvalue weighted by atomic mass is 10.2. The second kappa shape index (κ2) is 8.09. The Balaban J connectivity index is 2.15. The van der Waals surface area contributed by atoms with Gasteiger partial charge in [0.15, 0.2) is 0 Å². The van der Waals surface area contributed by atoms with E-state index in [1.54, 1.807) is 0 Å². The summed E-state index contributed by atoms with van der Waals surface area (Å²) in [7, 11) is -4.90. The number of halogens is 2. The summed E-state index contributed by atoms with van der Waals surface area (Å²) in [6, 6.07) is 11.9. The summed E-state index contributed by atoms with van der Waals surface area (Å²) in [6.07, 6.45) is 0. The van der Waals surface area contributed by atoms with Crippen molar-refractivity contribution in [2.75, 3.05) is 17.2 Å². The molecule has 140 valence electrons. The summed E-state index contributed by atoms with van der Waals surface area (Å²) in [4.78, 5) is 9.57. The monoisotopic (exact) mass is 385 g/mol. The molecule has 26 heavy (non-hydrogen) atoms. The fourth-order valence-electron chi connectivity index (χ4n) is 2.22. The largest absolute Gasteiger partial charge is 0.381 e. The Hall–Kier alpha value is -2.75. The molecule has 0 radical (unpaired) electrons. The fourth-order valence-corrected chi connectivity index (χ4v) is 2.96. The number of hydrogen-bond donors (Lipinski definition) is 2. The molecule has 0 saturated heterocycles. The third kappa shape index (κ3) is 4.66. The number of nitrogens with one attached hydrogen (secondary N) is 2. The predicted molar refractivity (Wildman–Crippen MR) is 94.3 cm³/mol. The van der Waals surface area contributed by atoms with E-state index < -0.39 is 31.1 Å². The fraction of sp³-hybridized carbons (Fsp3) is 0.250. The zero-order chi connectivity index (χ0) is 19.3. The van der Waals surface area contributed by atoms with Crippen molar-refractivity contribution < 1.29 is 22.1 Å². The van der Waals surface area contributed by atoms with Crippen LogP contribution >= 0.6 is 0 Å². The maximum atomic E-state index is 12.6. The Kier molecular flexibility index (Phi) is 6.09. The Morgan fingerprint density at radius 1 is 1.15 bits per heavy atom. The SMILES string of the molecule is CC(CNc1ccc(S(=O)(=O)C(F)F)cc1[N+](=O)[O-])Nc1ccccc1. The summed E-state index contributed by atoms with van der Waals surface area (Å²) in [5.41, 5.74) is 0.332. The zero-order valence-corrected chi connectivity index (χ0v) is 14.5. The highest BCUT2D eigenvalue weighted by Crippen LogP contribution is 2.29.